The van der Waals surface area contributed by atoms with Gasteiger partial charge in [0.1, 0.15) is 5.69 Å². The molecule has 1 fully saturated rings. The first-order valence-corrected chi connectivity index (χ1v) is 8.95. The maximum Gasteiger partial charge on any atom is 0.271 e. The first kappa shape index (κ1) is 16.7. The zero-order valence-electron chi connectivity index (χ0n) is 14.1. The Bertz CT molecular complexity index is 912. The summed E-state index contributed by atoms with van der Waals surface area (Å²) in [5, 5.41) is 7.28. The lowest BCUT2D eigenvalue weighted by atomic mass is 9.94. The molecular weight excluding hydrogens is 350 g/mol. The van der Waals surface area contributed by atoms with Gasteiger partial charge in [0.2, 0.25) is 0 Å². The maximum atomic E-state index is 12.6. The van der Waals surface area contributed by atoms with Gasteiger partial charge in [0.05, 0.1) is 17.6 Å². The number of aromatic nitrogens is 4. The summed E-state index contributed by atoms with van der Waals surface area (Å²) in [5.74, 6) is 0.147. The number of hydrogen-bond acceptors (Lipinski definition) is 4. The molecule has 1 saturated heterocycles. The lowest BCUT2D eigenvalue weighted by molar-refractivity contribution is 0.0700. The summed E-state index contributed by atoms with van der Waals surface area (Å²) in [4.78, 5) is 23.6. The highest BCUT2D eigenvalue weighted by molar-refractivity contribution is 6.30. The lowest BCUT2D eigenvalue weighted by Crippen LogP contribution is -2.39. The van der Waals surface area contributed by atoms with Crippen LogP contribution in [-0.2, 0) is 0 Å². The van der Waals surface area contributed by atoms with Gasteiger partial charge in [0.15, 0.2) is 0 Å². The molecule has 0 bridgehead atoms. The molecule has 4 rings (SSSR count). The minimum Gasteiger partial charge on any atom is -0.337 e. The van der Waals surface area contributed by atoms with Crippen molar-refractivity contribution in [3.8, 4) is 11.3 Å². The number of nitrogens with one attached hydrogen (secondary N) is 1. The molecule has 1 N–H and O–H groups in total. The van der Waals surface area contributed by atoms with Crippen molar-refractivity contribution in [2.75, 3.05) is 13.1 Å². The zero-order valence-corrected chi connectivity index (χ0v) is 14.9. The van der Waals surface area contributed by atoms with E-state index >= 15 is 0 Å². The Morgan fingerprint density at radius 2 is 2.19 bits per heavy atom. The molecule has 0 saturated carbocycles. The Morgan fingerprint density at radius 1 is 1.27 bits per heavy atom. The van der Waals surface area contributed by atoms with E-state index in [4.69, 9.17) is 16.6 Å². The highest BCUT2D eigenvalue weighted by atomic mass is 35.5. The van der Waals surface area contributed by atoms with Gasteiger partial charge in [-0.2, -0.15) is 5.10 Å². The summed E-state index contributed by atoms with van der Waals surface area (Å²) in [5.41, 5.74) is 3.16. The van der Waals surface area contributed by atoms with E-state index in [0.29, 0.717) is 17.3 Å². The Labute approximate surface area is 156 Å². The summed E-state index contributed by atoms with van der Waals surface area (Å²) < 4.78 is 0. The molecule has 0 radical (unpaired) electrons. The van der Waals surface area contributed by atoms with Crippen LogP contribution in [0.5, 0.6) is 0 Å². The van der Waals surface area contributed by atoms with Crippen LogP contribution in [0.2, 0.25) is 5.02 Å². The van der Waals surface area contributed by atoms with Crippen molar-refractivity contribution >= 4 is 17.5 Å². The van der Waals surface area contributed by atoms with Gasteiger partial charge in [0.25, 0.3) is 5.91 Å². The van der Waals surface area contributed by atoms with Crippen LogP contribution in [-0.4, -0.2) is 44.1 Å². The third-order valence-corrected chi connectivity index (χ3v) is 4.87. The Morgan fingerprint density at radius 3 is 3.00 bits per heavy atom. The summed E-state index contributed by atoms with van der Waals surface area (Å²) in [6.45, 7) is 1.38. The molecule has 1 aromatic carbocycles. The first-order valence-electron chi connectivity index (χ1n) is 8.57. The van der Waals surface area contributed by atoms with E-state index in [9.17, 15) is 4.79 Å². The Balaban J connectivity index is 1.55. The number of aromatic amines is 1. The number of carbonyl (C=O) groups is 1. The molecule has 0 aliphatic carbocycles. The number of nitrogens with zero attached hydrogens (tertiary/aromatic N) is 4. The number of piperidine rings is 1. The van der Waals surface area contributed by atoms with Gasteiger partial charge in [-0.05, 0) is 31.0 Å². The number of rotatable bonds is 3. The van der Waals surface area contributed by atoms with Crippen LogP contribution in [0.3, 0.4) is 0 Å². The molecule has 26 heavy (non-hydrogen) atoms. The molecule has 1 aliphatic rings. The van der Waals surface area contributed by atoms with Crippen molar-refractivity contribution in [1.29, 1.82) is 0 Å². The number of carbonyl (C=O) groups excluding carboxylic acids is 1. The van der Waals surface area contributed by atoms with Gasteiger partial charge in [-0.25, -0.2) is 4.98 Å². The standard InChI is InChI=1S/C19H18ClN5O/c20-15-5-1-3-13(9-15)17-10-21-11-18(23-17)14-4-2-8-25(12-14)19(26)16-6-7-22-24-16/h1,3,5-7,9-11,14H,2,4,8,12H2,(H,22,24)/t14-/m1/s1. The van der Waals surface area contributed by atoms with Crippen molar-refractivity contribution in [2.45, 2.75) is 18.8 Å². The zero-order chi connectivity index (χ0) is 17.9. The molecule has 0 unspecified atom stereocenters. The van der Waals surface area contributed by atoms with E-state index in [1.807, 2.05) is 29.2 Å². The highest BCUT2D eigenvalue weighted by Gasteiger charge is 2.27. The van der Waals surface area contributed by atoms with E-state index in [1.54, 1.807) is 24.7 Å². The van der Waals surface area contributed by atoms with Crippen LogP contribution < -0.4 is 0 Å². The topological polar surface area (TPSA) is 74.8 Å². The van der Waals surface area contributed by atoms with Crippen molar-refractivity contribution in [2.24, 2.45) is 0 Å². The van der Waals surface area contributed by atoms with Crippen molar-refractivity contribution in [1.82, 2.24) is 25.1 Å². The molecule has 1 atom stereocenters. The molecule has 3 heterocycles. The van der Waals surface area contributed by atoms with E-state index in [1.165, 1.54) is 0 Å². The third-order valence-electron chi connectivity index (χ3n) is 4.63. The van der Waals surface area contributed by atoms with Crippen LogP contribution in [0.15, 0.2) is 48.9 Å². The van der Waals surface area contributed by atoms with E-state index in [2.05, 4.69) is 15.2 Å². The largest absolute Gasteiger partial charge is 0.337 e. The van der Waals surface area contributed by atoms with Crippen LogP contribution in [0.1, 0.15) is 34.9 Å². The number of benzene rings is 1. The number of H-pyrrole nitrogens is 1. The summed E-state index contributed by atoms with van der Waals surface area (Å²) in [6, 6.07) is 9.28. The minimum absolute atomic E-state index is 0.0221. The van der Waals surface area contributed by atoms with Crippen molar-refractivity contribution in [3.05, 3.63) is 65.3 Å². The van der Waals surface area contributed by atoms with Crippen molar-refractivity contribution < 1.29 is 4.79 Å². The van der Waals surface area contributed by atoms with Gasteiger partial charge >= 0.3 is 0 Å². The van der Waals surface area contributed by atoms with Crippen LogP contribution in [0, 0.1) is 0 Å². The molecule has 0 spiro atoms. The molecule has 1 amide bonds. The average molecular weight is 368 g/mol. The summed E-state index contributed by atoms with van der Waals surface area (Å²) in [6.07, 6.45) is 7.05. The second-order valence-corrected chi connectivity index (χ2v) is 6.84. The second-order valence-electron chi connectivity index (χ2n) is 6.40. The number of hydrogen-bond donors (Lipinski definition) is 1. The molecule has 6 nitrogen and oxygen atoms in total. The predicted molar refractivity (Wildman–Crippen MR) is 98.9 cm³/mol. The van der Waals surface area contributed by atoms with E-state index in [-0.39, 0.29) is 11.8 Å². The molecule has 132 valence electrons. The summed E-state index contributed by atoms with van der Waals surface area (Å²) >= 11 is 6.09. The molecule has 1 aliphatic heterocycles. The average Bonchev–Trinajstić information content (AvgIpc) is 3.22. The maximum absolute atomic E-state index is 12.6. The van der Waals surface area contributed by atoms with E-state index in [0.717, 1.165) is 36.3 Å². The number of amides is 1. The first-order chi connectivity index (χ1) is 12.7. The normalized spacial score (nSPS) is 17.3. The Hall–Kier alpha value is -2.73. The SMILES string of the molecule is O=C(c1ccn[nH]1)N1CCC[C@@H](c2cncc(-c3cccc(Cl)c3)n2)C1. The molecular formula is C19H18ClN5O. The van der Waals surface area contributed by atoms with E-state index < -0.39 is 0 Å². The number of likely N-dealkylation sites (tertiary alicyclic amines) is 1. The quantitative estimate of drug-likeness (QED) is 0.768. The second kappa shape index (κ2) is 7.25. The smallest absolute Gasteiger partial charge is 0.271 e. The fourth-order valence-corrected chi connectivity index (χ4v) is 3.50. The predicted octanol–water partition coefficient (Wildman–Crippen LogP) is 3.54. The fourth-order valence-electron chi connectivity index (χ4n) is 3.31. The monoisotopic (exact) mass is 367 g/mol. The fraction of sp³-hybridized carbons (Fsp3) is 0.263. The van der Waals surface area contributed by atoms with Gasteiger partial charge in [0, 0.05) is 42.0 Å². The number of halogens is 1. The van der Waals surface area contributed by atoms with Gasteiger partial charge in [-0.1, -0.05) is 23.7 Å². The lowest BCUT2D eigenvalue weighted by Gasteiger charge is -2.32. The van der Waals surface area contributed by atoms with Crippen LogP contribution in [0.4, 0.5) is 0 Å². The highest BCUT2D eigenvalue weighted by Crippen LogP contribution is 2.28. The minimum atomic E-state index is -0.0221. The molecule has 7 heteroatoms. The summed E-state index contributed by atoms with van der Waals surface area (Å²) in [7, 11) is 0. The molecule has 2 aromatic heterocycles. The Kier molecular flexibility index (Phi) is 4.67. The third kappa shape index (κ3) is 3.46. The molecule has 3 aromatic rings. The van der Waals surface area contributed by atoms with Gasteiger partial charge in [-0.3, -0.25) is 14.9 Å². The van der Waals surface area contributed by atoms with Gasteiger partial charge in [-0.15, -0.1) is 0 Å². The van der Waals surface area contributed by atoms with Crippen LogP contribution >= 0.6 is 11.6 Å². The van der Waals surface area contributed by atoms with Crippen LogP contribution in [0.25, 0.3) is 11.3 Å². The van der Waals surface area contributed by atoms with Crippen molar-refractivity contribution in [3.63, 3.8) is 0 Å². The van der Waals surface area contributed by atoms with Gasteiger partial charge < -0.3 is 4.90 Å².